The average Bonchev–Trinajstić information content (AvgIpc) is 2.28. The van der Waals surface area contributed by atoms with Crippen LogP contribution < -0.4 is 5.32 Å². The minimum Gasteiger partial charge on any atom is -0.309 e. The van der Waals surface area contributed by atoms with Crippen LogP contribution in [-0.2, 0) is 0 Å². The fourth-order valence-corrected chi connectivity index (χ4v) is 1.62. The number of hydrogen-bond donors (Lipinski definition) is 1. The van der Waals surface area contributed by atoms with Crippen molar-refractivity contribution >= 4 is 11.6 Å². The maximum Gasteiger partial charge on any atom is 0.141 e. The smallest absolute Gasteiger partial charge is 0.141 e. The summed E-state index contributed by atoms with van der Waals surface area (Å²) in [6.45, 7) is 5.08. The standard InChI is InChI=1S/C13H20ClFN2/c1-9(17(3)4)8-16-10(2)11-5-6-13(15)12(14)7-11/h5-7,9-10,16H,8H2,1-4H3. The summed E-state index contributed by atoms with van der Waals surface area (Å²) in [5.41, 5.74) is 1.00. The summed E-state index contributed by atoms with van der Waals surface area (Å²) in [5.74, 6) is -0.371. The molecule has 0 radical (unpaired) electrons. The minimum atomic E-state index is -0.371. The van der Waals surface area contributed by atoms with Gasteiger partial charge in [0.2, 0.25) is 0 Å². The van der Waals surface area contributed by atoms with Gasteiger partial charge in [-0.25, -0.2) is 4.39 Å². The Morgan fingerprint density at radius 1 is 1.35 bits per heavy atom. The zero-order valence-corrected chi connectivity index (χ0v) is 11.6. The molecule has 0 aromatic heterocycles. The van der Waals surface area contributed by atoms with Gasteiger partial charge in [0.05, 0.1) is 5.02 Å². The first-order valence-electron chi connectivity index (χ1n) is 5.76. The van der Waals surface area contributed by atoms with Crippen molar-refractivity contribution in [1.29, 1.82) is 0 Å². The third kappa shape index (κ3) is 4.26. The van der Waals surface area contributed by atoms with Gasteiger partial charge in [0.1, 0.15) is 5.82 Å². The molecule has 4 heteroatoms. The third-order valence-electron chi connectivity index (χ3n) is 3.04. The summed E-state index contributed by atoms with van der Waals surface area (Å²) in [5, 5.41) is 3.58. The maximum absolute atomic E-state index is 13.0. The maximum atomic E-state index is 13.0. The third-order valence-corrected chi connectivity index (χ3v) is 3.33. The molecule has 0 heterocycles. The predicted octanol–water partition coefficient (Wildman–Crippen LogP) is 3.08. The molecule has 0 aliphatic heterocycles. The number of nitrogens with zero attached hydrogens (tertiary/aromatic N) is 1. The Bertz CT molecular complexity index is 368. The van der Waals surface area contributed by atoms with E-state index in [4.69, 9.17) is 11.6 Å². The summed E-state index contributed by atoms with van der Waals surface area (Å²) in [6, 6.07) is 5.46. The van der Waals surface area contributed by atoms with Crippen molar-refractivity contribution in [2.24, 2.45) is 0 Å². The summed E-state index contributed by atoms with van der Waals surface area (Å²) >= 11 is 5.76. The molecule has 17 heavy (non-hydrogen) atoms. The number of likely N-dealkylation sites (N-methyl/N-ethyl adjacent to an activating group) is 1. The second-order valence-electron chi connectivity index (χ2n) is 4.62. The van der Waals surface area contributed by atoms with Crippen molar-refractivity contribution < 1.29 is 4.39 Å². The highest BCUT2D eigenvalue weighted by atomic mass is 35.5. The molecule has 0 spiro atoms. The normalized spacial score (nSPS) is 15.0. The van der Waals surface area contributed by atoms with E-state index in [1.54, 1.807) is 12.1 Å². The van der Waals surface area contributed by atoms with Crippen LogP contribution in [0.5, 0.6) is 0 Å². The summed E-state index contributed by atoms with van der Waals surface area (Å²) in [7, 11) is 4.09. The SMILES string of the molecule is CC(NCC(C)N(C)C)c1ccc(F)c(Cl)c1. The molecule has 2 atom stereocenters. The van der Waals surface area contributed by atoms with E-state index in [1.165, 1.54) is 6.07 Å². The molecule has 0 bridgehead atoms. The molecule has 0 saturated carbocycles. The second-order valence-corrected chi connectivity index (χ2v) is 5.02. The van der Waals surface area contributed by atoms with E-state index in [0.29, 0.717) is 6.04 Å². The Balaban J connectivity index is 2.58. The van der Waals surface area contributed by atoms with Crippen molar-refractivity contribution in [3.05, 3.63) is 34.6 Å². The molecule has 1 N–H and O–H groups in total. The number of hydrogen-bond acceptors (Lipinski definition) is 2. The van der Waals surface area contributed by atoms with Crippen LogP contribution in [0.15, 0.2) is 18.2 Å². The summed E-state index contributed by atoms with van der Waals surface area (Å²) in [6.07, 6.45) is 0. The Hall–Kier alpha value is -0.640. The average molecular weight is 259 g/mol. The number of halogens is 2. The summed E-state index contributed by atoms with van der Waals surface area (Å²) in [4.78, 5) is 2.15. The van der Waals surface area contributed by atoms with Gasteiger partial charge in [0, 0.05) is 18.6 Å². The molecular formula is C13H20ClFN2. The molecule has 1 aromatic carbocycles. The van der Waals surface area contributed by atoms with Gasteiger partial charge in [-0.2, -0.15) is 0 Å². The van der Waals surface area contributed by atoms with Crippen molar-refractivity contribution in [2.45, 2.75) is 25.9 Å². The monoisotopic (exact) mass is 258 g/mol. The van der Waals surface area contributed by atoms with Gasteiger partial charge in [0.15, 0.2) is 0 Å². The van der Waals surface area contributed by atoms with Crippen molar-refractivity contribution in [3.63, 3.8) is 0 Å². The highest BCUT2D eigenvalue weighted by molar-refractivity contribution is 6.30. The lowest BCUT2D eigenvalue weighted by Crippen LogP contribution is -2.36. The fourth-order valence-electron chi connectivity index (χ4n) is 1.43. The van der Waals surface area contributed by atoms with E-state index in [0.717, 1.165) is 12.1 Å². The molecule has 2 nitrogen and oxygen atoms in total. The first-order chi connectivity index (χ1) is 7.91. The molecule has 0 amide bonds. The lowest BCUT2D eigenvalue weighted by molar-refractivity contribution is 0.295. The van der Waals surface area contributed by atoms with Crippen LogP contribution in [0.2, 0.25) is 5.02 Å². The largest absolute Gasteiger partial charge is 0.309 e. The van der Waals surface area contributed by atoms with Gasteiger partial charge in [-0.05, 0) is 45.6 Å². The van der Waals surface area contributed by atoms with Gasteiger partial charge in [-0.1, -0.05) is 17.7 Å². The molecular weight excluding hydrogens is 239 g/mol. The minimum absolute atomic E-state index is 0.162. The van der Waals surface area contributed by atoms with E-state index in [1.807, 2.05) is 21.0 Å². The topological polar surface area (TPSA) is 15.3 Å². The quantitative estimate of drug-likeness (QED) is 0.873. The Morgan fingerprint density at radius 3 is 2.53 bits per heavy atom. The first kappa shape index (κ1) is 14.4. The van der Waals surface area contributed by atoms with Crippen molar-refractivity contribution in [2.75, 3.05) is 20.6 Å². The lowest BCUT2D eigenvalue weighted by atomic mass is 10.1. The Morgan fingerprint density at radius 2 is 2.00 bits per heavy atom. The van der Waals surface area contributed by atoms with Gasteiger partial charge in [-0.15, -0.1) is 0 Å². The number of nitrogens with one attached hydrogen (secondary N) is 1. The highest BCUT2D eigenvalue weighted by Crippen LogP contribution is 2.20. The van der Waals surface area contributed by atoms with Crippen molar-refractivity contribution in [1.82, 2.24) is 10.2 Å². The molecule has 0 fully saturated rings. The van der Waals surface area contributed by atoms with Crippen LogP contribution in [0.3, 0.4) is 0 Å². The van der Waals surface area contributed by atoms with E-state index in [2.05, 4.69) is 17.1 Å². The van der Waals surface area contributed by atoms with Gasteiger partial charge >= 0.3 is 0 Å². The highest BCUT2D eigenvalue weighted by Gasteiger charge is 2.10. The van der Waals surface area contributed by atoms with Gasteiger partial charge in [0.25, 0.3) is 0 Å². The Kier molecular flexibility index (Phi) is 5.37. The fraction of sp³-hybridized carbons (Fsp3) is 0.538. The van der Waals surface area contributed by atoms with Crippen LogP contribution in [0.25, 0.3) is 0 Å². The number of rotatable bonds is 5. The first-order valence-corrected chi connectivity index (χ1v) is 6.14. The molecule has 1 rings (SSSR count). The predicted molar refractivity (Wildman–Crippen MR) is 71.0 cm³/mol. The molecule has 1 aromatic rings. The molecule has 0 saturated heterocycles. The van der Waals surface area contributed by atoms with E-state index >= 15 is 0 Å². The van der Waals surface area contributed by atoms with E-state index in [-0.39, 0.29) is 16.9 Å². The van der Waals surface area contributed by atoms with Crippen LogP contribution in [0, 0.1) is 5.82 Å². The van der Waals surface area contributed by atoms with Gasteiger partial charge < -0.3 is 10.2 Å². The Labute approximate surface area is 108 Å². The zero-order chi connectivity index (χ0) is 13.0. The van der Waals surface area contributed by atoms with Crippen LogP contribution in [0.1, 0.15) is 25.5 Å². The van der Waals surface area contributed by atoms with Crippen molar-refractivity contribution in [3.8, 4) is 0 Å². The molecule has 2 unspecified atom stereocenters. The second kappa shape index (κ2) is 6.34. The molecule has 0 aliphatic carbocycles. The van der Waals surface area contributed by atoms with E-state index < -0.39 is 0 Å². The summed E-state index contributed by atoms with van der Waals surface area (Å²) < 4.78 is 13.0. The van der Waals surface area contributed by atoms with Gasteiger partial charge in [-0.3, -0.25) is 0 Å². The molecule has 96 valence electrons. The van der Waals surface area contributed by atoms with Crippen LogP contribution in [0.4, 0.5) is 4.39 Å². The lowest BCUT2D eigenvalue weighted by Gasteiger charge is -2.23. The van der Waals surface area contributed by atoms with E-state index in [9.17, 15) is 4.39 Å². The zero-order valence-electron chi connectivity index (χ0n) is 10.8. The molecule has 0 aliphatic rings. The van der Waals surface area contributed by atoms with Crippen LogP contribution >= 0.6 is 11.6 Å². The van der Waals surface area contributed by atoms with Crippen LogP contribution in [-0.4, -0.2) is 31.6 Å². The number of benzene rings is 1.